The lowest BCUT2D eigenvalue weighted by Gasteiger charge is -2.29. The number of hydrogen-bond donors (Lipinski definition) is 0. The second kappa shape index (κ2) is 11.4. The number of halogens is 3. The van der Waals surface area contributed by atoms with Gasteiger partial charge in [-0.1, -0.05) is 6.92 Å². The van der Waals surface area contributed by atoms with E-state index in [1.165, 1.54) is 19.2 Å². The molecule has 1 fully saturated rings. The van der Waals surface area contributed by atoms with Crippen LogP contribution in [0.3, 0.4) is 0 Å². The molecule has 0 unspecified atom stereocenters. The maximum Gasteiger partial charge on any atom is 0.391 e. The number of aromatic nitrogens is 2. The molecule has 0 saturated heterocycles. The molecule has 1 aliphatic carbocycles. The van der Waals surface area contributed by atoms with Crippen LogP contribution >= 0.6 is 11.8 Å². The van der Waals surface area contributed by atoms with Gasteiger partial charge in [0.05, 0.1) is 36.1 Å². The summed E-state index contributed by atoms with van der Waals surface area (Å²) in [5.41, 5.74) is 0.911. The van der Waals surface area contributed by atoms with Gasteiger partial charge in [0.2, 0.25) is 5.88 Å². The van der Waals surface area contributed by atoms with E-state index in [0.717, 1.165) is 0 Å². The van der Waals surface area contributed by atoms with Gasteiger partial charge in [-0.15, -0.1) is 0 Å². The lowest BCUT2D eigenvalue weighted by molar-refractivity contribution is -0.184. The number of fused-ring (bicyclic) bond motifs is 1. The van der Waals surface area contributed by atoms with Crippen molar-refractivity contribution in [2.45, 2.75) is 38.8 Å². The molecular formula is C21H27F3N2O3S. The smallest absolute Gasteiger partial charge is 0.391 e. The Bertz CT molecular complexity index is 823. The van der Waals surface area contributed by atoms with Gasteiger partial charge in [-0.3, -0.25) is 0 Å². The average molecular weight is 445 g/mol. The number of benzene rings is 1. The number of methoxy groups -OCH3 is 1. The number of thioether (sulfide) groups is 1. The fourth-order valence-electron chi connectivity index (χ4n) is 3.25. The molecular weight excluding hydrogens is 417 g/mol. The number of carbonyl (C=O) groups is 1. The summed E-state index contributed by atoms with van der Waals surface area (Å²) >= 11 is 1.86. The van der Waals surface area contributed by atoms with Crippen LogP contribution in [0.2, 0.25) is 0 Å². The van der Waals surface area contributed by atoms with Gasteiger partial charge in [-0.05, 0) is 61.8 Å². The van der Waals surface area contributed by atoms with Crippen molar-refractivity contribution in [3.8, 4) is 5.88 Å². The first-order valence-electron chi connectivity index (χ1n) is 9.81. The predicted molar refractivity (Wildman–Crippen MR) is 112 cm³/mol. The molecule has 0 aliphatic heterocycles. The fraction of sp³-hybridized carbons (Fsp3) is 0.571. The third kappa shape index (κ3) is 6.75. The molecule has 9 heteroatoms. The van der Waals surface area contributed by atoms with Crippen LogP contribution in [0.15, 0.2) is 24.5 Å². The van der Waals surface area contributed by atoms with Crippen molar-refractivity contribution in [2.75, 3.05) is 25.7 Å². The molecule has 0 radical (unpaired) electrons. The summed E-state index contributed by atoms with van der Waals surface area (Å²) in [6.07, 6.45) is 0.583. The standard InChI is InChI=1S/C18H19F3N2O3.C3H8S/c1-25-17(24)12-4-7-14-15(8-12)22-10-23-16(14)26-9-11-2-5-13(6-3-11)18(19,20)21;1-3-4-2/h4,7-8,10-11,13H,2-3,5-6,9H2,1H3;3H2,1-2H3. The van der Waals surface area contributed by atoms with E-state index in [1.54, 1.807) is 18.2 Å². The molecule has 0 N–H and O–H groups in total. The van der Waals surface area contributed by atoms with Crippen molar-refractivity contribution in [3.63, 3.8) is 0 Å². The zero-order valence-corrected chi connectivity index (χ0v) is 18.2. The van der Waals surface area contributed by atoms with Crippen molar-refractivity contribution >= 4 is 28.6 Å². The van der Waals surface area contributed by atoms with Crippen molar-refractivity contribution in [1.29, 1.82) is 0 Å². The Morgan fingerprint density at radius 1 is 1.20 bits per heavy atom. The van der Waals surface area contributed by atoms with Crippen LogP contribution in [0, 0.1) is 11.8 Å². The van der Waals surface area contributed by atoms with Crippen molar-refractivity contribution in [1.82, 2.24) is 9.97 Å². The van der Waals surface area contributed by atoms with E-state index in [1.807, 2.05) is 11.8 Å². The average Bonchev–Trinajstić information content (AvgIpc) is 2.76. The highest BCUT2D eigenvalue weighted by Crippen LogP contribution is 2.39. The molecule has 0 spiro atoms. The Balaban J connectivity index is 0.000000735. The topological polar surface area (TPSA) is 61.3 Å². The quantitative estimate of drug-likeness (QED) is 0.565. The molecule has 166 valence electrons. The Hall–Kier alpha value is -2.03. The first-order valence-corrected chi connectivity index (χ1v) is 11.2. The summed E-state index contributed by atoms with van der Waals surface area (Å²) in [5.74, 6) is 0.0158. The highest BCUT2D eigenvalue weighted by Gasteiger charge is 2.41. The van der Waals surface area contributed by atoms with E-state index < -0.39 is 18.1 Å². The normalized spacial score (nSPS) is 19.0. The second-order valence-corrected chi connectivity index (χ2v) is 8.20. The molecule has 1 aliphatic rings. The molecule has 0 amide bonds. The molecule has 2 aromatic rings. The van der Waals surface area contributed by atoms with E-state index in [0.29, 0.717) is 41.8 Å². The number of ether oxygens (including phenoxy) is 2. The Kier molecular flexibility index (Phi) is 9.20. The molecule has 5 nitrogen and oxygen atoms in total. The summed E-state index contributed by atoms with van der Waals surface area (Å²) in [6.45, 7) is 2.46. The number of nitrogens with zero attached hydrogens (tertiary/aromatic N) is 2. The molecule has 0 atom stereocenters. The molecule has 1 heterocycles. The maximum atomic E-state index is 12.7. The van der Waals surface area contributed by atoms with E-state index in [4.69, 9.17) is 4.74 Å². The van der Waals surface area contributed by atoms with E-state index in [9.17, 15) is 18.0 Å². The largest absolute Gasteiger partial charge is 0.477 e. The lowest BCUT2D eigenvalue weighted by Crippen LogP contribution is -2.29. The second-order valence-electron chi connectivity index (χ2n) is 7.05. The predicted octanol–water partition coefficient (Wildman–Crippen LogP) is 5.53. The third-order valence-electron chi connectivity index (χ3n) is 5.08. The number of carbonyl (C=O) groups excluding carboxylic acids is 1. The lowest BCUT2D eigenvalue weighted by atomic mass is 9.82. The zero-order chi connectivity index (χ0) is 22.1. The van der Waals surface area contributed by atoms with Crippen LogP contribution in [0.25, 0.3) is 10.9 Å². The van der Waals surface area contributed by atoms with Gasteiger partial charge >= 0.3 is 12.1 Å². The van der Waals surface area contributed by atoms with Crippen LogP contribution in [-0.4, -0.2) is 47.8 Å². The number of rotatable bonds is 5. The summed E-state index contributed by atoms with van der Waals surface area (Å²) < 4.78 is 48.6. The summed E-state index contributed by atoms with van der Waals surface area (Å²) in [5, 5.41) is 0.643. The molecule has 3 rings (SSSR count). The van der Waals surface area contributed by atoms with Gasteiger partial charge in [0.15, 0.2) is 0 Å². The Labute approximate surface area is 178 Å². The minimum Gasteiger partial charge on any atom is -0.477 e. The van der Waals surface area contributed by atoms with Crippen LogP contribution < -0.4 is 4.74 Å². The highest BCUT2D eigenvalue weighted by atomic mass is 32.2. The van der Waals surface area contributed by atoms with Crippen molar-refractivity contribution in [2.24, 2.45) is 11.8 Å². The first kappa shape index (κ1) is 24.2. The first-order chi connectivity index (χ1) is 14.3. The number of esters is 1. The van der Waals surface area contributed by atoms with Crippen LogP contribution in [0.5, 0.6) is 5.88 Å². The summed E-state index contributed by atoms with van der Waals surface area (Å²) in [4.78, 5) is 19.8. The van der Waals surface area contributed by atoms with Gasteiger partial charge in [0.25, 0.3) is 0 Å². The summed E-state index contributed by atoms with van der Waals surface area (Å²) in [7, 11) is 1.30. The molecule has 30 heavy (non-hydrogen) atoms. The van der Waals surface area contributed by atoms with Crippen LogP contribution in [0.4, 0.5) is 13.2 Å². The summed E-state index contributed by atoms with van der Waals surface area (Å²) in [6, 6.07) is 4.86. The monoisotopic (exact) mass is 444 g/mol. The van der Waals surface area contributed by atoms with Gasteiger partial charge in [-0.25, -0.2) is 14.8 Å². The van der Waals surface area contributed by atoms with Gasteiger partial charge in [-0.2, -0.15) is 24.9 Å². The van der Waals surface area contributed by atoms with E-state index in [2.05, 4.69) is 27.9 Å². The number of hydrogen-bond acceptors (Lipinski definition) is 6. The Morgan fingerprint density at radius 3 is 2.43 bits per heavy atom. The number of alkyl halides is 3. The minimum absolute atomic E-state index is 0.0768. The molecule has 1 aromatic carbocycles. The van der Waals surface area contributed by atoms with Gasteiger partial charge < -0.3 is 9.47 Å². The Morgan fingerprint density at radius 2 is 1.87 bits per heavy atom. The van der Waals surface area contributed by atoms with Crippen molar-refractivity contribution < 1.29 is 27.4 Å². The van der Waals surface area contributed by atoms with Gasteiger partial charge in [0.1, 0.15) is 6.33 Å². The van der Waals surface area contributed by atoms with Crippen molar-refractivity contribution in [3.05, 3.63) is 30.1 Å². The van der Waals surface area contributed by atoms with Crippen LogP contribution in [0.1, 0.15) is 43.0 Å². The van der Waals surface area contributed by atoms with Gasteiger partial charge in [0, 0.05) is 0 Å². The molecule has 0 bridgehead atoms. The maximum absolute atomic E-state index is 12.7. The zero-order valence-electron chi connectivity index (χ0n) is 17.4. The fourth-order valence-corrected chi connectivity index (χ4v) is 3.25. The SMILES string of the molecule is CCSC.COC(=O)c1ccc2c(OCC3CCC(C(F)(F)F)CC3)ncnc2c1. The molecule has 1 saturated carbocycles. The highest BCUT2D eigenvalue weighted by molar-refractivity contribution is 7.98. The van der Waals surface area contributed by atoms with E-state index >= 15 is 0 Å². The minimum atomic E-state index is -4.11. The molecule has 1 aromatic heterocycles. The van der Waals surface area contributed by atoms with Crippen LogP contribution in [-0.2, 0) is 4.74 Å². The van der Waals surface area contributed by atoms with E-state index in [-0.39, 0.29) is 18.8 Å². The third-order valence-corrected chi connectivity index (χ3v) is 5.65.